The third-order valence-corrected chi connectivity index (χ3v) is 9.67. The normalized spacial score (nSPS) is 23.5. The second-order valence-corrected chi connectivity index (χ2v) is 12.2. The Labute approximate surface area is 217 Å². The van der Waals surface area contributed by atoms with Gasteiger partial charge in [-0.15, -0.1) is 0 Å². The highest BCUT2D eigenvalue weighted by Crippen LogP contribution is 2.39. The van der Waals surface area contributed by atoms with Crippen LogP contribution in [0, 0.1) is 0 Å². The molecule has 3 aromatic heterocycles. The molecule has 1 saturated heterocycles. The van der Waals surface area contributed by atoms with Crippen LogP contribution < -0.4 is 0 Å². The summed E-state index contributed by atoms with van der Waals surface area (Å²) < 4.78 is 35.9. The summed E-state index contributed by atoms with van der Waals surface area (Å²) in [6, 6.07) is 11.8. The van der Waals surface area contributed by atoms with Gasteiger partial charge in [0.25, 0.3) is 10.0 Å². The van der Waals surface area contributed by atoms with Gasteiger partial charge in [-0.2, -0.15) is 5.10 Å². The molecular weight excluding hydrogens is 486 g/mol. The molecule has 194 valence electrons. The Bertz CT molecular complexity index is 1500. The van der Waals surface area contributed by atoms with Gasteiger partial charge in [0.05, 0.1) is 24.3 Å². The molecular formula is C28H33N5O3S. The maximum absolute atomic E-state index is 13.6. The summed E-state index contributed by atoms with van der Waals surface area (Å²) in [5, 5.41) is 5.17. The first kappa shape index (κ1) is 24.3. The van der Waals surface area contributed by atoms with E-state index in [-0.39, 0.29) is 4.90 Å². The van der Waals surface area contributed by atoms with Crippen LogP contribution in [-0.2, 0) is 21.8 Å². The Morgan fingerprint density at radius 1 is 1.03 bits per heavy atom. The van der Waals surface area contributed by atoms with Gasteiger partial charge < -0.3 is 4.74 Å². The average Bonchev–Trinajstić information content (AvgIpc) is 3.53. The van der Waals surface area contributed by atoms with Gasteiger partial charge in [0, 0.05) is 60.8 Å². The predicted molar refractivity (Wildman–Crippen MR) is 143 cm³/mol. The largest absolute Gasteiger partial charge is 0.379 e. The first-order valence-corrected chi connectivity index (χ1v) is 14.5. The number of ether oxygens (including phenoxy) is 1. The van der Waals surface area contributed by atoms with Crippen LogP contribution in [0.2, 0.25) is 0 Å². The maximum Gasteiger partial charge on any atom is 0.269 e. The van der Waals surface area contributed by atoms with E-state index in [1.165, 1.54) is 9.54 Å². The lowest BCUT2D eigenvalue weighted by atomic mass is 9.81. The molecule has 1 atom stereocenters. The van der Waals surface area contributed by atoms with Crippen LogP contribution in [0.4, 0.5) is 0 Å². The smallest absolute Gasteiger partial charge is 0.269 e. The highest BCUT2D eigenvalue weighted by atomic mass is 32.2. The zero-order valence-corrected chi connectivity index (χ0v) is 22.1. The van der Waals surface area contributed by atoms with Crippen LogP contribution in [0.25, 0.3) is 22.2 Å². The van der Waals surface area contributed by atoms with Crippen LogP contribution in [0.3, 0.4) is 0 Å². The standard InChI is InChI=1S/C28H33N5O3S/c1-20-19-36-13-12-32(20)24-10-8-21(9-11-24)22-14-26-27(23-16-30-31(2)17-23)18-33(28(26)29-15-22)37(34,35)25-6-4-3-5-7-25/h3-7,14-18,20-21,24H,8-13,19H2,1-2H3/t20-,21-,24-/m0/s1. The molecule has 2 aliphatic rings. The number of aryl methyl sites for hydroxylation is 1. The maximum atomic E-state index is 13.6. The Hall–Kier alpha value is -3.01. The number of nitrogens with zero attached hydrogens (tertiary/aromatic N) is 5. The number of pyridine rings is 1. The van der Waals surface area contributed by atoms with Gasteiger partial charge in [0.1, 0.15) is 0 Å². The van der Waals surface area contributed by atoms with Crippen LogP contribution >= 0.6 is 0 Å². The molecule has 9 heteroatoms. The summed E-state index contributed by atoms with van der Waals surface area (Å²) >= 11 is 0. The Morgan fingerprint density at radius 2 is 1.81 bits per heavy atom. The van der Waals surface area contributed by atoms with Crippen molar-refractivity contribution in [3.63, 3.8) is 0 Å². The fourth-order valence-corrected chi connectivity index (χ4v) is 7.37. The Morgan fingerprint density at radius 3 is 2.51 bits per heavy atom. The molecule has 37 heavy (non-hydrogen) atoms. The summed E-state index contributed by atoms with van der Waals surface area (Å²) in [7, 11) is -1.94. The van der Waals surface area contributed by atoms with Gasteiger partial charge in [-0.1, -0.05) is 18.2 Å². The summed E-state index contributed by atoms with van der Waals surface area (Å²) in [6.07, 6.45) is 11.8. The number of benzene rings is 1. The molecule has 0 bridgehead atoms. The molecule has 4 heterocycles. The second-order valence-electron chi connectivity index (χ2n) is 10.4. The Kier molecular flexibility index (Phi) is 6.38. The minimum absolute atomic E-state index is 0.242. The lowest BCUT2D eigenvalue weighted by Gasteiger charge is -2.42. The monoisotopic (exact) mass is 519 g/mol. The molecule has 0 N–H and O–H groups in total. The molecule has 1 aliphatic heterocycles. The van der Waals surface area contributed by atoms with E-state index in [1.807, 2.05) is 25.5 Å². The molecule has 0 radical (unpaired) electrons. The topological polar surface area (TPSA) is 82.2 Å². The molecule has 8 nitrogen and oxygen atoms in total. The van der Waals surface area contributed by atoms with Crippen molar-refractivity contribution in [2.75, 3.05) is 19.8 Å². The number of fused-ring (bicyclic) bond motifs is 1. The van der Waals surface area contributed by atoms with E-state index in [0.29, 0.717) is 23.6 Å². The third-order valence-electron chi connectivity index (χ3n) is 8.01. The van der Waals surface area contributed by atoms with Crippen molar-refractivity contribution in [3.05, 3.63) is 66.7 Å². The van der Waals surface area contributed by atoms with Gasteiger partial charge >= 0.3 is 0 Å². The van der Waals surface area contributed by atoms with Crippen LogP contribution in [0.15, 0.2) is 66.1 Å². The SMILES string of the molecule is C[C@H]1COCCN1[C@H]1CC[C@H](c2cnc3c(c2)c(-c2cnn(C)c2)cn3S(=O)(=O)c2ccccc2)CC1. The number of morpholine rings is 1. The lowest BCUT2D eigenvalue weighted by molar-refractivity contribution is -0.0301. The van der Waals surface area contributed by atoms with Gasteiger partial charge in [0.2, 0.25) is 0 Å². The summed E-state index contributed by atoms with van der Waals surface area (Å²) in [4.78, 5) is 7.61. The third kappa shape index (κ3) is 4.49. The van der Waals surface area contributed by atoms with E-state index in [9.17, 15) is 8.42 Å². The molecule has 0 amide bonds. The molecule has 4 aromatic rings. The fourth-order valence-electron chi connectivity index (χ4n) is 6.02. The summed E-state index contributed by atoms with van der Waals surface area (Å²) in [6.45, 7) is 4.92. The van der Waals surface area contributed by atoms with Crippen molar-refractivity contribution in [1.29, 1.82) is 0 Å². The fraction of sp³-hybridized carbons (Fsp3) is 0.429. The van der Waals surface area contributed by atoms with E-state index in [0.717, 1.165) is 62.0 Å². The van der Waals surface area contributed by atoms with Crippen molar-refractivity contribution in [2.24, 2.45) is 7.05 Å². The van der Waals surface area contributed by atoms with Crippen molar-refractivity contribution >= 4 is 21.1 Å². The average molecular weight is 520 g/mol. The summed E-state index contributed by atoms with van der Waals surface area (Å²) in [5.74, 6) is 0.417. The van der Waals surface area contributed by atoms with Crippen molar-refractivity contribution in [2.45, 2.75) is 55.5 Å². The molecule has 0 unspecified atom stereocenters. The van der Waals surface area contributed by atoms with E-state index in [4.69, 9.17) is 9.72 Å². The molecule has 0 spiro atoms. The molecule has 1 saturated carbocycles. The molecule has 6 rings (SSSR count). The van der Waals surface area contributed by atoms with Gasteiger partial charge in [0.15, 0.2) is 5.65 Å². The van der Waals surface area contributed by atoms with Crippen LogP contribution in [0.1, 0.15) is 44.1 Å². The predicted octanol–water partition coefficient (Wildman–Crippen LogP) is 4.42. The van der Waals surface area contributed by atoms with Gasteiger partial charge in [-0.3, -0.25) is 9.58 Å². The highest BCUT2D eigenvalue weighted by Gasteiger charge is 2.31. The second kappa shape index (κ2) is 9.70. The molecule has 1 aromatic carbocycles. The van der Waals surface area contributed by atoms with E-state index in [2.05, 4.69) is 23.0 Å². The lowest BCUT2D eigenvalue weighted by Crippen LogP contribution is -2.50. The minimum atomic E-state index is -3.80. The number of hydrogen-bond acceptors (Lipinski definition) is 6. The summed E-state index contributed by atoms with van der Waals surface area (Å²) in [5.41, 5.74) is 3.33. The number of rotatable bonds is 5. The van der Waals surface area contributed by atoms with Gasteiger partial charge in [-0.25, -0.2) is 17.4 Å². The van der Waals surface area contributed by atoms with Crippen LogP contribution in [-0.4, -0.2) is 63.9 Å². The zero-order valence-electron chi connectivity index (χ0n) is 21.3. The van der Waals surface area contributed by atoms with E-state index >= 15 is 0 Å². The number of hydrogen-bond donors (Lipinski definition) is 0. The van der Waals surface area contributed by atoms with E-state index < -0.39 is 10.0 Å². The van der Waals surface area contributed by atoms with Gasteiger partial charge in [-0.05, 0) is 62.3 Å². The van der Waals surface area contributed by atoms with E-state index in [1.54, 1.807) is 41.3 Å². The van der Waals surface area contributed by atoms with Crippen molar-refractivity contribution in [1.82, 2.24) is 23.6 Å². The zero-order chi connectivity index (χ0) is 25.6. The molecule has 2 fully saturated rings. The quantitative estimate of drug-likeness (QED) is 0.388. The number of aromatic nitrogens is 4. The first-order valence-electron chi connectivity index (χ1n) is 13.1. The highest BCUT2D eigenvalue weighted by molar-refractivity contribution is 7.90. The molecule has 1 aliphatic carbocycles. The van der Waals surface area contributed by atoms with Crippen molar-refractivity contribution in [3.8, 4) is 11.1 Å². The van der Waals surface area contributed by atoms with Crippen LogP contribution in [0.5, 0.6) is 0 Å². The van der Waals surface area contributed by atoms with Crippen molar-refractivity contribution < 1.29 is 13.2 Å². The Balaban J connectivity index is 1.35. The minimum Gasteiger partial charge on any atom is -0.379 e. The first-order chi connectivity index (χ1) is 17.9.